The van der Waals surface area contributed by atoms with Crippen LogP contribution < -0.4 is 14.8 Å². The maximum atomic E-state index is 5.28. The van der Waals surface area contributed by atoms with Gasteiger partial charge < -0.3 is 14.8 Å². The Labute approximate surface area is 111 Å². The minimum atomic E-state index is 0.517. The molecule has 0 saturated heterocycles. The fraction of sp³-hybridized carbons (Fsp3) is 0.308. The third-order valence-electron chi connectivity index (χ3n) is 2.58. The monoisotopic (exact) mass is 260 g/mol. The van der Waals surface area contributed by atoms with Crippen molar-refractivity contribution in [3.63, 3.8) is 0 Å². The third-order valence-corrected chi connectivity index (χ3v) is 2.58. The molecule has 2 aromatic rings. The smallest absolute Gasteiger partial charge is 0.214 e. The van der Waals surface area contributed by atoms with Gasteiger partial charge in [-0.1, -0.05) is 0 Å². The molecule has 0 aliphatic carbocycles. The number of anilines is 1. The first-order valence-corrected chi connectivity index (χ1v) is 5.84. The normalized spacial score (nSPS) is 10.1. The number of ether oxygens (including phenoxy) is 2. The van der Waals surface area contributed by atoms with Crippen LogP contribution >= 0.6 is 0 Å². The highest BCUT2D eigenvalue weighted by Crippen LogP contribution is 2.18. The quantitative estimate of drug-likeness (QED) is 0.884. The molecule has 0 aliphatic heterocycles. The average Bonchev–Trinajstić information content (AvgIpc) is 2.46. The maximum Gasteiger partial charge on any atom is 0.214 e. The van der Waals surface area contributed by atoms with Crippen molar-refractivity contribution in [2.45, 2.75) is 13.5 Å². The standard InChI is InChI=1S/C13H16N4O2/c1-9-6-12(18-2)11(17-16-9)8-15-10-4-5-14-13(7-10)19-3/h4-7H,8H2,1-3H3,(H,14,15). The van der Waals surface area contributed by atoms with Crippen LogP contribution in [0.15, 0.2) is 24.4 Å². The van der Waals surface area contributed by atoms with Crippen molar-refractivity contribution in [2.75, 3.05) is 19.5 Å². The Morgan fingerprint density at radius 2 is 2.00 bits per heavy atom. The second-order valence-electron chi connectivity index (χ2n) is 3.94. The molecular formula is C13H16N4O2. The predicted molar refractivity (Wildman–Crippen MR) is 71.4 cm³/mol. The first-order valence-electron chi connectivity index (χ1n) is 5.84. The van der Waals surface area contributed by atoms with Gasteiger partial charge in [-0.05, 0) is 13.0 Å². The van der Waals surface area contributed by atoms with Crippen molar-refractivity contribution in [2.24, 2.45) is 0 Å². The van der Waals surface area contributed by atoms with E-state index in [0.717, 1.165) is 22.8 Å². The lowest BCUT2D eigenvalue weighted by Gasteiger charge is -2.10. The summed E-state index contributed by atoms with van der Waals surface area (Å²) in [6, 6.07) is 5.53. The van der Waals surface area contributed by atoms with E-state index in [9.17, 15) is 0 Å². The molecule has 100 valence electrons. The van der Waals surface area contributed by atoms with Crippen molar-refractivity contribution in [3.8, 4) is 11.6 Å². The lowest BCUT2D eigenvalue weighted by Crippen LogP contribution is -2.06. The molecule has 6 nitrogen and oxygen atoms in total. The number of nitrogens with zero attached hydrogens (tertiary/aromatic N) is 3. The maximum absolute atomic E-state index is 5.28. The van der Waals surface area contributed by atoms with Crippen LogP contribution in [0.1, 0.15) is 11.4 Å². The number of pyridine rings is 1. The molecule has 0 bridgehead atoms. The van der Waals surface area contributed by atoms with Crippen molar-refractivity contribution in [1.82, 2.24) is 15.2 Å². The molecule has 0 saturated carbocycles. The van der Waals surface area contributed by atoms with Gasteiger partial charge in [0.2, 0.25) is 5.88 Å². The van der Waals surface area contributed by atoms with E-state index >= 15 is 0 Å². The number of hydrogen-bond donors (Lipinski definition) is 1. The van der Waals surface area contributed by atoms with Crippen LogP contribution in [0.4, 0.5) is 5.69 Å². The number of nitrogens with one attached hydrogen (secondary N) is 1. The predicted octanol–water partition coefficient (Wildman–Crippen LogP) is 1.81. The van der Waals surface area contributed by atoms with E-state index in [-0.39, 0.29) is 0 Å². The SMILES string of the molecule is COc1cc(NCc2nnc(C)cc2OC)ccn1. The van der Waals surface area contributed by atoms with Gasteiger partial charge in [-0.2, -0.15) is 5.10 Å². The summed E-state index contributed by atoms with van der Waals surface area (Å²) in [6.45, 7) is 2.39. The van der Waals surface area contributed by atoms with Crippen LogP contribution in [0.25, 0.3) is 0 Å². The average molecular weight is 260 g/mol. The zero-order valence-corrected chi connectivity index (χ0v) is 11.2. The molecular weight excluding hydrogens is 244 g/mol. The van der Waals surface area contributed by atoms with Crippen molar-refractivity contribution in [1.29, 1.82) is 0 Å². The van der Waals surface area contributed by atoms with E-state index < -0.39 is 0 Å². The molecule has 0 aromatic carbocycles. The Balaban J connectivity index is 2.09. The van der Waals surface area contributed by atoms with E-state index in [4.69, 9.17) is 9.47 Å². The fourth-order valence-electron chi connectivity index (χ4n) is 1.61. The highest BCUT2D eigenvalue weighted by Gasteiger charge is 2.06. The molecule has 0 radical (unpaired) electrons. The second kappa shape index (κ2) is 5.99. The fourth-order valence-corrected chi connectivity index (χ4v) is 1.61. The molecule has 2 heterocycles. The van der Waals surface area contributed by atoms with Crippen LogP contribution in [0.5, 0.6) is 11.6 Å². The first kappa shape index (κ1) is 13.1. The largest absolute Gasteiger partial charge is 0.495 e. The Hall–Kier alpha value is -2.37. The lowest BCUT2D eigenvalue weighted by atomic mass is 10.3. The molecule has 0 fully saturated rings. The minimum Gasteiger partial charge on any atom is -0.495 e. The summed E-state index contributed by atoms with van der Waals surface area (Å²) in [7, 11) is 3.20. The van der Waals surface area contributed by atoms with Gasteiger partial charge in [0.1, 0.15) is 11.4 Å². The molecule has 0 aliphatic rings. The van der Waals surface area contributed by atoms with Crippen LogP contribution in [0, 0.1) is 6.92 Å². The molecule has 1 N–H and O–H groups in total. The summed E-state index contributed by atoms with van der Waals surface area (Å²) in [6.07, 6.45) is 1.68. The number of rotatable bonds is 5. The molecule has 0 spiro atoms. The number of aromatic nitrogens is 3. The molecule has 2 rings (SSSR count). The topological polar surface area (TPSA) is 69.2 Å². The zero-order chi connectivity index (χ0) is 13.7. The van der Waals surface area contributed by atoms with Crippen molar-refractivity contribution < 1.29 is 9.47 Å². The molecule has 2 aromatic heterocycles. The molecule has 0 amide bonds. The number of hydrogen-bond acceptors (Lipinski definition) is 6. The highest BCUT2D eigenvalue weighted by atomic mass is 16.5. The Kier molecular flexibility index (Phi) is 4.12. The summed E-state index contributed by atoms with van der Waals surface area (Å²) >= 11 is 0. The van der Waals surface area contributed by atoms with Gasteiger partial charge in [0.05, 0.1) is 26.5 Å². The molecule has 0 atom stereocenters. The minimum absolute atomic E-state index is 0.517. The van der Waals surface area contributed by atoms with Crippen LogP contribution in [0.2, 0.25) is 0 Å². The Morgan fingerprint density at radius 3 is 2.74 bits per heavy atom. The Bertz CT molecular complexity index is 560. The van der Waals surface area contributed by atoms with Gasteiger partial charge in [0.15, 0.2) is 0 Å². The number of aryl methyl sites for hydroxylation is 1. The lowest BCUT2D eigenvalue weighted by molar-refractivity contribution is 0.398. The molecule has 19 heavy (non-hydrogen) atoms. The molecule has 0 unspecified atom stereocenters. The first-order chi connectivity index (χ1) is 9.22. The van der Waals surface area contributed by atoms with Crippen LogP contribution in [0.3, 0.4) is 0 Å². The van der Waals surface area contributed by atoms with Gasteiger partial charge in [0, 0.05) is 24.0 Å². The van der Waals surface area contributed by atoms with Crippen molar-refractivity contribution in [3.05, 3.63) is 35.8 Å². The van der Waals surface area contributed by atoms with Crippen molar-refractivity contribution >= 4 is 5.69 Å². The van der Waals surface area contributed by atoms with Crippen LogP contribution in [-0.4, -0.2) is 29.4 Å². The van der Waals surface area contributed by atoms with E-state index in [2.05, 4.69) is 20.5 Å². The molecule has 6 heteroatoms. The summed E-state index contributed by atoms with van der Waals surface area (Å²) in [5, 5.41) is 11.4. The van der Waals surface area contributed by atoms with E-state index in [1.807, 2.05) is 25.1 Å². The van der Waals surface area contributed by atoms with Gasteiger partial charge in [-0.15, -0.1) is 5.10 Å². The summed E-state index contributed by atoms with van der Waals surface area (Å²) in [5.41, 5.74) is 2.48. The Morgan fingerprint density at radius 1 is 1.16 bits per heavy atom. The number of methoxy groups -OCH3 is 2. The summed E-state index contributed by atoms with van der Waals surface area (Å²) in [5.74, 6) is 1.29. The zero-order valence-electron chi connectivity index (χ0n) is 11.2. The second-order valence-corrected chi connectivity index (χ2v) is 3.94. The van der Waals surface area contributed by atoms with Gasteiger partial charge >= 0.3 is 0 Å². The van der Waals surface area contributed by atoms with E-state index in [1.165, 1.54) is 0 Å². The summed E-state index contributed by atoms with van der Waals surface area (Å²) in [4.78, 5) is 4.04. The van der Waals surface area contributed by atoms with Crippen LogP contribution in [-0.2, 0) is 6.54 Å². The van der Waals surface area contributed by atoms with E-state index in [0.29, 0.717) is 12.4 Å². The van der Waals surface area contributed by atoms with Gasteiger partial charge in [-0.3, -0.25) is 0 Å². The third kappa shape index (κ3) is 3.31. The highest BCUT2D eigenvalue weighted by molar-refractivity contribution is 5.46. The summed E-state index contributed by atoms with van der Waals surface area (Å²) < 4.78 is 10.3. The van der Waals surface area contributed by atoms with Gasteiger partial charge in [0.25, 0.3) is 0 Å². The van der Waals surface area contributed by atoms with Gasteiger partial charge in [-0.25, -0.2) is 4.98 Å². The van der Waals surface area contributed by atoms with E-state index in [1.54, 1.807) is 20.4 Å².